The fourth-order valence-corrected chi connectivity index (χ4v) is 4.46. The molecule has 0 aromatic heterocycles. The molecule has 1 unspecified atom stereocenters. The molecule has 1 atom stereocenters. The van der Waals surface area contributed by atoms with E-state index >= 15 is 0 Å². The average Bonchev–Trinajstić information content (AvgIpc) is 2.61. The van der Waals surface area contributed by atoms with Crippen LogP contribution in [-0.4, -0.2) is 54.7 Å². The number of hydrogen-bond acceptors (Lipinski definition) is 5. The minimum Gasteiger partial charge on any atom is -0.377 e. The Kier molecular flexibility index (Phi) is 9.31. The molecule has 0 fully saturated rings. The minimum atomic E-state index is -2.52. The normalized spacial score (nSPS) is 13.3. The summed E-state index contributed by atoms with van der Waals surface area (Å²) in [6, 6.07) is 11.3. The summed E-state index contributed by atoms with van der Waals surface area (Å²) < 4.78 is 16.4. The predicted molar refractivity (Wildman–Crippen MR) is 96.2 cm³/mol. The van der Waals surface area contributed by atoms with Gasteiger partial charge in [-0.15, -0.1) is 6.58 Å². The minimum absolute atomic E-state index is 0.156. The van der Waals surface area contributed by atoms with Crippen LogP contribution in [0.25, 0.3) is 0 Å². The second-order valence-electron chi connectivity index (χ2n) is 5.31. The Bertz CT molecular complexity index is 432. The van der Waals surface area contributed by atoms with E-state index in [0.717, 1.165) is 25.6 Å². The third kappa shape index (κ3) is 5.84. The lowest BCUT2D eigenvalue weighted by Crippen LogP contribution is -2.43. The van der Waals surface area contributed by atoms with Gasteiger partial charge in [-0.05, 0) is 18.5 Å². The summed E-state index contributed by atoms with van der Waals surface area (Å²) in [4.78, 5) is 2.34. The second kappa shape index (κ2) is 10.7. The molecule has 1 rings (SSSR count). The second-order valence-corrected chi connectivity index (χ2v) is 8.41. The first-order valence-electron chi connectivity index (χ1n) is 7.93. The van der Waals surface area contributed by atoms with E-state index < -0.39 is 8.80 Å². The zero-order valence-electron chi connectivity index (χ0n) is 14.5. The molecule has 0 bridgehead atoms. The standard InChI is InChI=1S/C17H30N2O3Si/c1-5-17(16-10-7-6-8-11-16)19(14-12-18)13-9-15-23(20-2,21-3)22-4/h5-8,10-11,17H,1,9,12-15,18H2,2-4H3. The van der Waals surface area contributed by atoms with E-state index in [1.807, 2.05) is 24.3 Å². The highest BCUT2D eigenvalue weighted by atomic mass is 28.4. The molecular weight excluding hydrogens is 308 g/mol. The van der Waals surface area contributed by atoms with Crippen LogP contribution in [0.2, 0.25) is 6.04 Å². The Hall–Kier alpha value is -1.02. The fraction of sp³-hybridized carbons (Fsp3) is 0.529. The van der Waals surface area contributed by atoms with Gasteiger partial charge >= 0.3 is 8.80 Å². The Morgan fingerprint density at radius 2 is 1.74 bits per heavy atom. The van der Waals surface area contributed by atoms with Crippen molar-refractivity contribution in [1.82, 2.24) is 4.90 Å². The number of benzene rings is 1. The molecule has 1 aromatic rings. The van der Waals surface area contributed by atoms with Crippen molar-refractivity contribution in [2.75, 3.05) is 41.0 Å². The van der Waals surface area contributed by atoms with Crippen LogP contribution < -0.4 is 5.73 Å². The number of hydrogen-bond donors (Lipinski definition) is 1. The molecule has 130 valence electrons. The Morgan fingerprint density at radius 3 is 2.22 bits per heavy atom. The van der Waals surface area contributed by atoms with Crippen molar-refractivity contribution in [3.05, 3.63) is 48.6 Å². The van der Waals surface area contributed by atoms with Gasteiger partial charge in [0.1, 0.15) is 0 Å². The van der Waals surface area contributed by atoms with E-state index in [4.69, 9.17) is 19.0 Å². The van der Waals surface area contributed by atoms with Gasteiger partial charge < -0.3 is 19.0 Å². The van der Waals surface area contributed by atoms with Gasteiger partial charge in [0.15, 0.2) is 0 Å². The summed E-state index contributed by atoms with van der Waals surface area (Å²) in [7, 11) is 2.42. The van der Waals surface area contributed by atoms with Crippen molar-refractivity contribution in [3.8, 4) is 0 Å². The monoisotopic (exact) mass is 338 g/mol. The van der Waals surface area contributed by atoms with E-state index in [0.29, 0.717) is 6.54 Å². The average molecular weight is 339 g/mol. The maximum Gasteiger partial charge on any atom is 0.500 e. The van der Waals surface area contributed by atoms with Crippen LogP contribution in [0.4, 0.5) is 0 Å². The molecule has 2 N–H and O–H groups in total. The molecule has 0 heterocycles. The summed E-state index contributed by atoms with van der Waals surface area (Å²) in [5, 5.41) is 0. The first kappa shape index (κ1) is 20.0. The van der Waals surface area contributed by atoms with E-state index in [1.54, 1.807) is 21.3 Å². The van der Waals surface area contributed by atoms with Gasteiger partial charge in [-0.25, -0.2) is 0 Å². The lowest BCUT2D eigenvalue weighted by molar-refractivity contribution is 0.120. The molecule has 1 aromatic carbocycles. The molecule has 5 nitrogen and oxygen atoms in total. The van der Waals surface area contributed by atoms with Gasteiger partial charge in [0.2, 0.25) is 0 Å². The van der Waals surface area contributed by atoms with Gasteiger partial charge in [0.05, 0.1) is 6.04 Å². The Labute approximate surface area is 141 Å². The van der Waals surface area contributed by atoms with Crippen molar-refractivity contribution in [1.29, 1.82) is 0 Å². The van der Waals surface area contributed by atoms with Crippen LogP contribution in [0.3, 0.4) is 0 Å². The first-order chi connectivity index (χ1) is 11.2. The molecule has 6 heteroatoms. The van der Waals surface area contributed by atoms with E-state index in [-0.39, 0.29) is 6.04 Å². The molecule has 23 heavy (non-hydrogen) atoms. The van der Waals surface area contributed by atoms with Crippen LogP contribution in [0.15, 0.2) is 43.0 Å². The molecule has 0 aliphatic carbocycles. The highest BCUT2D eigenvalue weighted by Gasteiger charge is 2.37. The zero-order chi connectivity index (χ0) is 17.1. The summed E-state index contributed by atoms with van der Waals surface area (Å²) in [5.74, 6) is 0. The van der Waals surface area contributed by atoms with Crippen LogP contribution >= 0.6 is 0 Å². The van der Waals surface area contributed by atoms with Crippen LogP contribution in [0, 0.1) is 0 Å². The molecule has 0 amide bonds. The summed E-state index contributed by atoms with van der Waals surface area (Å²) >= 11 is 0. The van der Waals surface area contributed by atoms with Gasteiger partial charge in [-0.2, -0.15) is 0 Å². The highest BCUT2D eigenvalue weighted by Crippen LogP contribution is 2.23. The van der Waals surface area contributed by atoms with Crippen molar-refractivity contribution < 1.29 is 13.3 Å². The third-order valence-corrected chi connectivity index (χ3v) is 6.87. The van der Waals surface area contributed by atoms with Gasteiger partial charge in [-0.3, -0.25) is 4.90 Å². The van der Waals surface area contributed by atoms with Crippen molar-refractivity contribution in [3.63, 3.8) is 0 Å². The van der Waals surface area contributed by atoms with E-state index in [2.05, 4.69) is 23.6 Å². The smallest absolute Gasteiger partial charge is 0.377 e. The Balaban J connectivity index is 2.72. The van der Waals surface area contributed by atoms with E-state index in [9.17, 15) is 0 Å². The lowest BCUT2D eigenvalue weighted by Gasteiger charge is -2.31. The molecule has 0 saturated carbocycles. The molecule has 0 aliphatic heterocycles. The summed E-state index contributed by atoms with van der Waals surface area (Å²) in [6.07, 6.45) is 2.89. The highest BCUT2D eigenvalue weighted by molar-refractivity contribution is 6.60. The predicted octanol–water partition coefficient (Wildman–Crippen LogP) is 2.44. The Morgan fingerprint density at radius 1 is 1.13 bits per heavy atom. The summed E-state index contributed by atoms with van der Waals surface area (Å²) in [6.45, 7) is 6.30. The van der Waals surface area contributed by atoms with Crippen LogP contribution in [-0.2, 0) is 13.3 Å². The molecule has 0 saturated heterocycles. The number of rotatable bonds is 12. The van der Waals surface area contributed by atoms with Crippen molar-refractivity contribution >= 4 is 8.80 Å². The molecule has 0 radical (unpaired) electrons. The number of nitrogens with two attached hydrogens (primary N) is 1. The number of nitrogens with zero attached hydrogens (tertiary/aromatic N) is 1. The molecular formula is C17H30N2O3Si. The van der Waals surface area contributed by atoms with Gasteiger partial charge in [0.25, 0.3) is 0 Å². The van der Waals surface area contributed by atoms with Crippen molar-refractivity contribution in [2.45, 2.75) is 18.5 Å². The SMILES string of the molecule is C=CC(c1ccccc1)N(CCN)CCC[Si](OC)(OC)OC. The fourth-order valence-electron chi connectivity index (χ4n) is 2.76. The van der Waals surface area contributed by atoms with Crippen LogP contribution in [0.1, 0.15) is 18.0 Å². The third-order valence-electron chi connectivity index (χ3n) is 4.04. The lowest BCUT2D eigenvalue weighted by atomic mass is 10.1. The largest absolute Gasteiger partial charge is 0.500 e. The van der Waals surface area contributed by atoms with Crippen LogP contribution in [0.5, 0.6) is 0 Å². The maximum absolute atomic E-state index is 5.79. The quantitative estimate of drug-likeness (QED) is 0.469. The summed E-state index contributed by atoms with van der Waals surface area (Å²) in [5.41, 5.74) is 7.02. The molecule has 0 spiro atoms. The molecule has 0 aliphatic rings. The van der Waals surface area contributed by atoms with Crippen molar-refractivity contribution in [2.24, 2.45) is 5.73 Å². The first-order valence-corrected chi connectivity index (χ1v) is 9.86. The maximum atomic E-state index is 5.79. The van der Waals surface area contributed by atoms with Gasteiger partial charge in [0, 0.05) is 40.5 Å². The zero-order valence-corrected chi connectivity index (χ0v) is 15.5. The van der Waals surface area contributed by atoms with E-state index in [1.165, 1.54) is 5.56 Å². The van der Waals surface area contributed by atoms with Gasteiger partial charge in [-0.1, -0.05) is 36.4 Å². The topological polar surface area (TPSA) is 57.0 Å².